The van der Waals surface area contributed by atoms with Crippen molar-refractivity contribution in [3.8, 4) is 5.75 Å². The second kappa shape index (κ2) is 18.7. The number of pyridine rings is 1. The summed E-state index contributed by atoms with van der Waals surface area (Å²) in [6, 6.07) is 16.4. The van der Waals surface area contributed by atoms with Gasteiger partial charge in [-0.25, -0.2) is 18.1 Å². The van der Waals surface area contributed by atoms with Gasteiger partial charge in [-0.15, -0.1) is 0 Å². The Hall–Kier alpha value is -4.93. The third-order valence-electron chi connectivity index (χ3n) is 13.7. The van der Waals surface area contributed by atoms with E-state index in [1.807, 2.05) is 30.3 Å². The van der Waals surface area contributed by atoms with Gasteiger partial charge in [-0.3, -0.25) is 14.5 Å². The van der Waals surface area contributed by atoms with Crippen molar-refractivity contribution >= 4 is 55.8 Å². The van der Waals surface area contributed by atoms with Crippen LogP contribution in [0.25, 0.3) is 11.0 Å². The number of piperidine rings is 1. The Labute approximate surface area is 373 Å². The summed E-state index contributed by atoms with van der Waals surface area (Å²) in [6.07, 6.45) is 15.3. The van der Waals surface area contributed by atoms with Gasteiger partial charge in [-0.1, -0.05) is 42.7 Å². The maximum Gasteiger partial charge on any atom is 0.268 e. The zero-order valence-electron chi connectivity index (χ0n) is 35.6. The number of methoxy groups -OCH3 is 1. The summed E-state index contributed by atoms with van der Waals surface area (Å²) in [6.45, 7) is 4.66. The van der Waals surface area contributed by atoms with Crippen LogP contribution < -0.4 is 20.1 Å². The number of sulfonamides is 1. The number of likely N-dealkylation sites (tertiary alicyclic amines) is 2. The van der Waals surface area contributed by atoms with Crippen molar-refractivity contribution in [2.75, 3.05) is 63.9 Å². The van der Waals surface area contributed by atoms with Crippen LogP contribution in [0.5, 0.6) is 5.75 Å². The first-order valence-corrected chi connectivity index (χ1v) is 24.1. The highest BCUT2D eigenvalue weighted by molar-refractivity contribution is 7.90. The molecule has 2 atom stereocenters. The topological polar surface area (TPSA) is 167 Å². The van der Waals surface area contributed by atoms with E-state index in [0.29, 0.717) is 52.8 Å². The van der Waals surface area contributed by atoms with Crippen LogP contribution in [-0.4, -0.2) is 99.3 Å². The third kappa shape index (κ3) is 9.21. The molecule has 9 rings (SSSR count). The Morgan fingerprint density at radius 1 is 0.984 bits per heavy atom. The largest absolute Gasteiger partial charge is 0.455 e. The Balaban J connectivity index is 0.890. The quantitative estimate of drug-likeness (QED) is 0.0694. The van der Waals surface area contributed by atoms with Crippen LogP contribution in [0.1, 0.15) is 69.4 Å². The Bertz CT molecular complexity index is 2470. The lowest BCUT2D eigenvalue weighted by molar-refractivity contribution is -0.175. The maximum atomic E-state index is 14.1. The number of benzene rings is 2. The summed E-state index contributed by atoms with van der Waals surface area (Å²) < 4.78 is 47.3. The number of carbonyl (C=O) groups excluding carboxylic acids is 2. The number of aromatic nitrogens is 2. The van der Waals surface area contributed by atoms with E-state index < -0.39 is 15.9 Å². The summed E-state index contributed by atoms with van der Waals surface area (Å²) in [5.41, 5.74) is 2.97. The molecule has 2 aromatic heterocycles. The molecule has 63 heavy (non-hydrogen) atoms. The number of hydrogen-bond acceptors (Lipinski definition) is 11. The van der Waals surface area contributed by atoms with E-state index in [1.165, 1.54) is 17.7 Å². The van der Waals surface area contributed by atoms with Gasteiger partial charge < -0.3 is 34.7 Å². The van der Waals surface area contributed by atoms with Gasteiger partial charge in [0.2, 0.25) is 5.91 Å². The molecule has 16 heteroatoms. The van der Waals surface area contributed by atoms with Crippen LogP contribution in [0.2, 0.25) is 5.02 Å². The average Bonchev–Trinajstić information content (AvgIpc) is 4.00. The number of aromatic amines is 1. The molecule has 2 aliphatic carbocycles. The van der Waals surface area contributed by atoms with Gasteiger partial charge in [0.05, 0.1) is 39.5 Å². The van der Waals surface area contributed by atoms with Gasteiger partial charge in [0.15, 0.2) is 0 Å². The van der Waals surface area contributed by atoms with Gasteiger partial charge in [0.25, 0.3) is 15.9 Å². The van der Waals surface area contributed by atoms with Gasteiger partial charge >= 0.3 is 0 Å². The van der Waals surface area contributed by atoms with Crippen LogP contribution in [0.3, 0.4) is 0 Å². The van der Waals surface area contributed by atoms with Crippen molar-refractivity contribution in [3.63, 3.8) is 0 Å². The van der Waals surface area contributed by atoms with Crippen LogP contribution in [0.15, 0.2) is 95.4 Å². The summed E-state index contributed by atoms with van der Waals surface area (Å²) in [4.78, 5) is 39.9. The number of rotatable bonds is 15. The summed E-state index contributed by atoms with van der Waals surface area (Å²) in [7, 11) is -2.77. The first-order chi connectivity index (χ1) is 30.6. The first-order valence-electron chi connectivity index (χ1n) is 22.2. The molecule has 2 aromatic carbocycles. The monoisotopic (exact) mass is 897 g/mol. The molecule has 4 aromatic rings. The fourth-order valence-electron chi connectivity index (χ4n) is 10.2. The van der Waals surface area contributed by atoms with E-state index in [1.54, 1.807) is 31.6 Å². The lowest BCUT2D eigenvalue weighted by Crippen LogP contribution is -2.63. The number of amides is 2. The molecule has 0 bridgehead atoms. The third-order valence-corrected chi connectivity index (χ3v) is 15.2. The number of halogens is 1. The van der Waals surface area contributed by atoms with Gasteiger partial charge in [-0.2, -0.15) is 0 Å². The summed E-state index contributed by atoms with van der Waals surface area (Å²) in [5, 5.41) is 8.12. The van der Waals surface area contributed by atoms with E-state index in [0.717, 1.165) is 95.3 Å². The molecule has 0 radical (unpaired) electrons. The van der Waals surface area contributed by atoms with Crippen molar-refractivity contribution in [2.24, 2.45) is 17.3 Å². The number of nitrogens with zero attached hydrogens (tertiary/aromatic N) is 3. The predicted molar refractivity (Wildman–Crippen MR) is 242 cm³/mol. The van der Waals surface area contributed by atoms with Crippen molar-refractivity contribution in [3.05, 3.63) is 101 Å². The summed E-state index contributed by atoms with van der Waals surface area (Å²) in [5.74, 6) is 0.969. The van der Waals surface area contributed by atoms with Crippen LogP contribution in [0.4, 0.5) is 11.4 Å². The normalized spacial score (nSPS) is 22.1. The lowest BCUT2D eigenvalue weighted by atomic mass is 9.66. The minimum atomic E-state index is -4.32. The average molecular weight is 899 g/mol. The number of anilines is 2. The molecule has 5 heterocycles. The molecule has 4 N–H and O–H groups in total. The number of fused-ring (bicyclic) bond motifs is 1. The summed E-state index contributed by atoms with van der Waals surface area (Å²) >= 11 is 6.26. The SMILES string of the molecule is COCNc1cc(S(=O)(=O)NC(=O)C2=CCC(N3CCC(CN4C(=O)C5(CCCC5)C4c4ccc(Cl)cc4)CC3)C=C2Oc2cnc3[nH]ccc3c2)ccc1NCC1CCOCC1. The van der Waals surface area contributed by atoms with Gasteiger partial charge in [-0.05, 0) is 124 Å². The molecule has 2 unspecified atom stereocenters. The van der Waals surface area contributed by atoms with Crippen molar-refractivity contribution in [1.82, 2.24) is 24.5 Å². The molecule has 5 aliphatic rings. The molecule has 2 amide bonds. The predicted octanol–water partition coefficient (Wildman–Crippen LogP) is 7.39. The van der Waals surface area contributed by atoms with Gasteiger partial charge in [0, 0.05) is 56.1 Å². The zero-order chi connectivity index (χ0) is 43.6. The number of hydrogen-bond donors (Lipinski definition) is 4. The highest BCUT2D eigenvalue weighted by Gasteiger charge is 2.61. The van der Waals surface area contributed by atoms with E-state index in [2.05, 4.69) is 47.3 Å². The zero-order valence-corrected chi connectivity index (χ0v) is 37.2. The minimum Gasteiger partial charge on any atom is -0.455 e. The molecule has 3 aliphatic heterocycles. The van der Waals surface area contributed by atoms with E-state index in [9.17, 15) is 18.0 Å². The highest BCUT2D eigenvalue weighted by atomic mass is 35.5. The molecular formula is C47H56ClN7O7S. The van der Waals surface area contributed by atoms with Crippen molar-refractivity contribution < 1.29 is 32.2 Å². The molecule has 1 spiro atoms. The minimum absolute atomic E-state index is 0.0744. The standard InChI is InChI=1S/C47H56ClN7O7S/c1-60-30-52-41-26-38(9-11-40(41)50-27-31-15-22-61-23-16-31)63(58,59)53-45(56)39-10-8-36(25-42(39)62-37-24-34-12-19-49-44(34)51-28-37)54-20-13-32(14-21-54)29-55-43(33-4-6-35(48)7-5-33)47(46(55)57)17-2-3-18-47/h4-7,9-12,19,24-26,28,31-32,36,43,50,52H,2-3,8,13-18,20-23,27,29-30H2,1H3,(H,49,51)(H,53,56). The number of nitrogens with one attached hydrogen (secondary N) is 4. The smallest absolute Gasteiger partial charge is 0.268 e. The van der Waals surface area contributed by atoms with E-state index >= 15 is 0 Å². The van der Waals surface area contributed by atoms with E-state index in [-0.39, 0.29) is 40.5 Å². The van der Waals surface area contributed by atoms with Crippen LogP contribution >= 0.6 is 11.6 Å². The van der Waals surface area contributed by atoms with Crippen LogP contribution in [-0.2, 0) is 29.1 Å². The second-order valence-electron chi connectivity index (χ2n) is 17.6. The second-order valence-corrected chi connectivity index (χ2v) is 19.7. The Morgan fingerprint density at radius 2 is 1.76 bits per heavy atom. The van der Waals surface area contributed by atoms with Gasteiger partial charge in [0.1, 0.15) is 23.9 Å². The molecular weight excluding hydrogens is 842 g/mol. The highest BCUT2D eigenvalue weighted by Crippen LogP contribution is 2.59. The first kappa shape index (κ1) is 43.3. The Morgan fingerprint density at radius 3 is 2.52 bits per heavy atom. The fourth-order valence-corrected chi connectivity index (χ4v) is 11.3. The number of ether oxygens (including phenoxy) is 3. The number of β-lactam (4-membered cyclic amide) rings is 1. The Kier molecular flexibility index (Phi) is 12.8. The van der Waals surface area contributed by atoms with Crippen LogP contribution in [0, 0.1) is 17.3 Å². The fraction of sp³-hybridized carbons (Fsp3) is 0.468. The molecule has 14 nitrogen and oxygen atoms in total. The molecule has 4 fully saturated rings. The molecule has 1 saturated carbocycles. The maximum absolute atomic E-state index is 14.1. The van der Waals surface area contributed by atoms with E-state index in [4.69, 9.17) is 25.8 Å². The van der Waals surface area contributed by atoms with Crippen molar-refractivity contribution in [2.45, 2.75) is 74.8 Å². The lowest BCUT2D eigenvalue weighted by Gasteiger charge is -2.56. The number of carbonyl (C=O) groups is 2. The number of H-pyrrole nitrogens is 1. The van der Waals surface area contributed by atoms with Crippen molar-refractivity contribution in [1.29, 1.82) is 0 Å². The molecule has 3 saturated heterocycles. The molecule has 334 valence electrons.